The molecule has 26 heavy (non-hydrogen) atoms. The number of ether oxygens (including phenoxy) is 1. The van der Waals surface area contributed by atoms with Crippen molar-refractivity contribution < 1.29 is 9.53 Å². The number of anilines is 1. The number of carbonyl (C=O) groups is 1. The number of benzene rings is 1. The van der Waals surface area contributed by atoms with Crippen LogP contribution in [0.2, 0.25) is 0 Å². The summed E-state index contributed by atoms with van der Waals surface area (Å²) in [6.07, 6.45) is 1.99. The summed E-state index contributed by atoms with van der Waals surface area (Å²) < 4.78 is 4.93. The van der Waals surface area contributed by atoms with Crippen molar-refractivity contribution >= 4 is 28.7 Å². The summed E-state index contributed by atoms with van der Waals surface area (Å²) in [6.45, 7) is 9.43. The molecule has 0 fully saturated rings. The smallest absolute Gasteiger partial charge is 0.311 e. The van der Waals surface area contributed by atoms with Gasteiger partial charge in [-0.05, 0) is 31.1 Å². The molecule has 0 radical (unpaired) electrons. The van der Waals surface area contributed by atoms with Gasteiger partial charge in [-0.15, -0.1) is 11.3 Å². The maximum atomic E-state index is 11.5. The van der Waals surface area contributed by atoms with E-state index in [2.05, 4.69) is 46.4 Å². The Morgan fingerprint density at radius 2 is 2.08 bits per heavy atom. The number of nitrogens with zero attached hydrogens (tertiary/aromatic N) is 3. The molecule has 2 rings (SSSR count). The summed E-state index contributed by atoms with van der Waals surface area (Å²) in [5.41, 5.74) is 5.95. The Morgan fingerprint density at radius 1 is 1.31 bits per heavy atom. The third kappa shape index (κ3) is 6.24. The molecule has 0 unspecified atom stereocenters. The Bertz CT molecular complexity index is 726. The fraction of sp³-hybridized carbons (Fsp3) is 0.421. The number of hydrogen-bond donors (Lipinski definition) is 1. The van der Waals surface area contributed by atoms with Gasteiger partial charge in [0, 0.05) is 11.9 Å². The summed E-state index contributed by atoms with van der Waals surface area (Å²) in [6, 6.07) is 8.23. The van der Waals surface area contributed by atoms with Gasteiger partial charge in [0.15, 0.2) is 0 Å². The van der Waals surface area contributed by atoms with Gasteiger partial charge < -0.3 is 4.74 Å². The zero-order valence-electron chi connectivity index (χ0n) is 15.6. The lowest BCUT2D eigenvalue weighted by atomic mass is 10.1. The van der Waals surface area contributed by atoms with Gasteiger partial charge in [0.05, 0.1) is 24.9 Å². The van der Waals surface area contributed by atoms with Crippen LogP contribution in [-0.2, 0) is 22.5 Å². The second-order valence-electron chi connectivity index (χ2n) is 5.66. The predicted molar refractivity (Wildman–Crippen MR) is 107 cm³/mol. The van der Waals surface area contributed by atoms with E-state index < -0.39 is 0 Å². The molecule has 0 bridgehead atoms. The van der Waals surface area contributed by atoms with Crippen LogP contribution in [0.5, 0.6) is 0 Å². The van der Waals surface area contributed by atoms with Crippen molar-refractivity contribution in [3.8, 4) is 0 Å². The first-order chi connectivity index (χ1) is 12.7. The van der Waals surface area contributed by atoms with Gasteiger partial charge in [-0.3, -0.25) is 15.1 Å². The Balaban J connectivity index is 1.96. The molecule has 7 heteroatoms. The fourth-order valence-corrected chi connectivity index (χ4v) is 3.11. The van der Waals surface area contributed by atoms with Crippen LogP contribution >= 0.6 is 11.3 Å². The summed E-state index contributed by atoms with van der Waals surface area (Å²) in [7, 11) is 0. The largest absolute Gasteiger partial charge is 0.466 e. The molecule has 1 heterocycles. The van der Waals surface area contributed by atoms with E-state index in [0.717, 1.165) is 25.2 Å². The zero-order chi connectivity index (χ0) is 18.8. The van der Waals surface area contributed by atoms with Gasteiger partial charge >= 0.3 is 5.97 Å². The van der Waals surface area contributed by atoms with Crippen LogP contribution in [0.1, 0.15) is 37.6 Å². The number of aromatic nitrogens is 1. The third-order valence-electron chi connectivity index (χ3n) is 3.89. The van der Waals surface area contributed by atoms with E-state index >= 15 is 0 Å². The number of esters is 1. The monoisotopic (exact) mass is 374 g/mol. The van der Waals surface area contributed by atoms with E-state index in [-0.39, 0.29) is 12.4 Å². The Hall–Kier alpha value is -2.25. The standard InChI is InChI=1S/C19H26N4O2S/c1-4-23(5-2)13-16-10-8-7-9-15(16)12-20-22-19-21-17(14-26-19)11-18(24)25-6-3/h7-10,12,14H,4-6,11,13H2,1-3H3,(H,21,22). The average molecular weight is 375 g/mol. The fourth-order valence-electron chi connectivity index (χ4n) is 2.45. The molecule has 1 N–H and O–H groups in total. The first-order valence-corrected chi connectivity index (χ1v) is 9.73. The second kappa shape index (κ2) is 10.7. The number of nitrogens with one attached hydrogen (secondary N) is 1. The third-order valence-corrected chi connectivity index (χ3v) is 4.69. The summed E-state index contributed by atoms with van der Waals surface area (Å²) >= 11 is 1.41. The van der Waals surface area contributed by atoms with E-state index in [4.69, 9.17) is 4.74 Å². The first-order valence-electron chi connectivity index (χ1n) is 8.85. The van der Waals surface area contributed by atoms with Gasteiger partial charge in [-0.1, -0.05) is 38.1 Å². The van der Waals surface area contributed by atoms with Gasteiger partial charge in [0.2, 0.25) is 5.13 Å². The highest BCUT2D eigenvalue weighted by Gasteiger charge is 2.08. The van der Waals surface area contributed by atoms with Crippen molar-refractivity contribution in [3.05, 3.63) is 46.5 Å². The van der Waals surface area contributed by atoms with Gasteiger partial charge in [-0.25, -0.2) is 4.98 Å². The van der Waals surface area contributed by atoms with Crippen LogP contribution in [0.25, 0.3) is 0 Å². The minimum atomic E-state index is -0.266. The quantitative estimate of drug-likeness (QED) is 0.391. The molecule has 0 saturated carbocycles. The van der Waals surface area contributed by atoms with Crippen molar-refractivity contribution in [2.75, 3.05) is 25.1 Å². The SMILES string of the molecule is CCOC(=O)Cc1csc(NN=Cc2ccccc2CN(CC)CC)n1. The van der Waals surface area contributed by atoms with E-state index in [9.17, 15) is 4.79 Å². The molecule has 0 aliphatic rings. The van der Waals surface area contributed by atoms with Crippen LogP contribution in [0.4, 0.5) is 5.13 Å². The molecule has 1 aromatic heterocycles. The van der Waals surface area contributed by atoms with Gasteiger partial charge in [0.1, 0.15) is 0 Å². The summed E-state index contributed by atoms with van der Waals surface area (Å²) in [4.78, 5) is 18.2. The second-order valence-corrected chi connectivity index (χ2v) is 6.51. The van der Waals surface area contributed by atoms with Crippen molar-refractivity contribution in [1.29, 1.82) is 0 Å². The number of hydrogen-bond acceptors (Lipinski definition) is 7. The molecule has 1 aromatic carbocycles. The molecule has 2 aromatic rings. The zero-order valence-corrected chi connectivity index (χ0v) is 16.4. The van der Waals surface area contributed by atoms with E-state index in [1.54, 1.807) is 6.92 Å². The predicted octanol–water partition coefficient (Wildman–Crippen LogP) is 3.54. The van der Waals surface area contributed by atoms with E-state index in [0.29, 0.717) is 17.4 Å². The van der Waals surface area contributed by atoms with E-state index in [1.807, 2.05) is 23.7 Å². The number of rotatable bonds is 10. The van der Waals surface area contributed by atoms with Crippen molar-refractivity contribution in [3.63, 3.8) is 0 Å². The Labute approximate surface area is 158 Å². The van der Waals surface area contributed by atoms with E-state index in [1.165, 1.54) is 16.9 Å². The van der Waals surface area contributed by atoms with Gasteiger partial charge in [0.25, 0.3) is 0 Å². The van der Waals surface area contributed by atoms with Crippen LogP contribution < -0.4 is 5.43 Å². The van der Waals surface area contributed by atoms with Crippen molar-refractivity contribution in [2.24, 2.45) is 5.10 Å². The molecule has 0 spiro atoms. The molecular weight excluding hydrogens is 348 g/mol. The lowest BCUT2D eigenvalue weighted by Crippen LogP contribution is -2.22. The molecule has 0 aliphatic heterocycles. The summed E-state index contributed by atoms with van der Waals surface area (Å²) in [5.74, 6) is -0.266. The highest BCUT2D eigenvalue weighted by Crippen LogP contribution is 2.16. The molecule has 0 aliphatic carbocycles. The maximum Gasteiger partial charge on any atom is 0.311 e. The molecular formula is C19H26N4O2S. The van der Waals surface area contributed by atoms with Crippen LogP contribution in [0, 0.1) is 0 Å². The van der Waals surface area contributed by atoms with Crippen LogP contribution in [0.15, 0.2) is 34.7 Å². The van der Waals surface area contributed by atoms with Crippen LogP contribution in [0.3, 0.4) is 0 Å². The first kappa shape index (κ1) is 20.1. The molecule has 6 nitrogen and oxygen atoms in total. The van der Waals surface area contributed by atoms with Gasteiger partial charge in [-0.2, -0.15) is 5.10 Å². The Kier molecular flexibility index (Phi) is 8.24. The lowest BCUT2D eigenvalue weighted by Gasteiger charge is -2.19. The highest BCUT2D eigenvalue weighted by atomic mass is 32.1. The summed E-state index contributed by atoms with van der Waals surface area (Å²) in [5, 5.41) is 6.79. The average Bonchev–Trinajstić information content (AvgIpc) is 3.08. The minimum Gasteiger partial charge on any atom is -0.466 e. The number of hydrazone groups is 1. The number of thiazole rings is 1. The molecule has 0 atom stereocenters. The molecule has 140 valence electrons. The minimum absolute atomic E-state index is 0.183. The molecule has 0 amide bonds. The van der Waals surface area contributed by atoms with Crippen molar-refractivity contribution in [2.45, 2.75) is 33.7 Å². The lowest BCUT2D eigenvalue weighted by molar-refractivity contribution is -0.142. The molecule has 0 saturated heterocycles. The number of carbonyl (C=O) groups excluding carboxylic acids is 1. The van der Waals surface area contributed by atoms with Crippen LogP contribution in [-0.4, -0.2) is 41.8 Å². The highest BCUT2D eigenvalue weighted by molar-refractivity contribution is 7.13. The normalized spacial score (nSPS) is 11.2. The van der Waals surface area contributed by atoms with Crippen molar-refractivity contribution in [1.82, 2.24) is 9.88 Å². The Morgan fingerprint density at radius 3 is 2.81 bits per heavy atom. The topological polar surface area (TPSA) is 66.8 Å². The maximum absolute atomic E-state index is 11.5.